The maximum Gasteiger partial charge on any atom is 0.256 e. The smallest absolute Gasteiger partial charge is 0.256 e. The van der Waals surface area contributed by atoms with Crippen LogP contribution in [0, 0.1) is 12.7 Å². The molecule has 1 aliphatic heterocycles. The molecule has 138 valence electrons. The van der Waals surface area contributed by atoms with E-state index in [1.165, 1.54) is 6.07 Å². The SMILES string of the molecule is Cc1ccc(C(=O)N2CCN(C(=O)c3ccccc3N)CC2)cc1F.Cl. The number of hydrogen-bond acceptors (Lipinski definition) is 3. The van der Waals surface area contributed by atoms with Gasteiger partial charge in [-0.2, -0.15) is 0 Å². The van der Waals surface area contributed by atoms with Gasteiger partial charge in [-0.05, 0) is 36.8 Å². The number of para-hydroxylation sites is 1. The summed E-state index contributed by atoms with van der Waals surface area (Å²) in [5, 5.41) is 0. The van der Waals surface area contributed by atoms with Crippen molar-refractivity contribution >= 4 is 29.9 Å². The molecule has 2 N–H and O–H groups in total. The molecule has 0 unspecified atom stereocenters. The second kappa shape index (κ2) is 8.19. The van der Waals surface area contributed by atoms with Gasteiger partial charge in [0.05, 0.1) is 5.56 Å². The predicted octanol–water partition coefficient (Wildman–Crippen LogP) is 2.74. The second-order valence-corrected chi connectivity index (χ2v) is 6.14. The van der Waals surface area contributed by atoms with Gasteiger partial charge in [0.25, 0.3) is 11.8 Å². The summed E-state index contributed by atoms with van der Waals surface area (Å²) < 4.78 is 13.7. The van der Waals surface area contributed by atoms with Crippen molar-refractivity contribution in [2.24, 2.45) is 0 Å². The number of rotatable bonds is 2. The van der Waals surface area contributed by atoms with Crippen molar-refractivity contribution < 1.29 is 14.0 Å². The van der Waals surface area contributed by atoms with E-state index in [1.54, 1.807) is 53.1 Å². The fraction of sp³-hybridized carbons (Fsp3) is 0.263. The van der Waals surface area contributed by atoms with Gasteiger partial charge in [0.2, 0.25) is 0 Å². The summed E-state index contributed by atoms with van der Waals surface area (Å²) in [6.45, 7) is 3.32. The number of hydrogen-bond donors (Lipinski definition) is 1. The number of carbonyl (C=O) groups is 2. The summed E-state index contributed by atoms with van der Waals surface area (Å²) in [7, 11) is 0. The molecule has 0 bridgehead atoms. The van der Waals surface area contributed by atoms with Crippen molar-refractivity contribution in [3.05, 3.63) is 65.0 Å². The van der Waals surface area contributed by atoms with E-state index in [0.717, 1.165) is 0 Å². The van der Waals surface area contributed by atoms with Gasteiger partial charge >= 0.3 is 0 Å². The number of nitrogen functional groups attached to an aromatic ring is 1. The summed E-state index contributed by atoms with van der Waals surface area (Å²) in [6, 6.07) is 11.4. The van der Waals surface area contributed by atoms with Crippen LogP contribution >= 0.6 is 12.4 Å². The van der Waals surface area contributed by atoms with Gasteiger partial charge in [-0.15, -0.1) is 12.4 Å². The minimum absolute atomic E-state index is 0. The van der Waals surface area contributed by atoms with Crippen LogP contribution in [-0.2, 0) is 0 Å². The molecule has 2 amide bonds. The first-order valence-corrected chi connectivity index (χ1v) is 8.16. The number of benzene rings is 2. The van der Waals surface area contributed by atoms with Gasteiger partial charge in [-0.25, -0.2) is 4.39 Å². The van der Waals surface area contributed by atoms with Crippen molar-refractivity contribution in [2.45, 2.75) is 6.92 Å². The van der Waals surface area contributed by atoms with Crippen molar-refractivity contribution in [1.29, 1.82) is 0 Å². The molecule has 1 saturated heterocycles. The quantitative estimate of drug-likeness (QED) is 0.818. The van der Waals surface area contributed by atoms with Crippen LogP contribution in [0.3, 0.4) is 0 Å². The highest BCUT2D eigenvalue weighted by atomic mass is 35.5. The number of aryl methyl sites for hydroxylation is 1. The van der Waals surface area contributed by atoms with E-state index >= 15 is 0 Å². The summed E-state index contributed by atoms with van der Waals surface area (Å²) >= 11 is 0. The molecule has 0 aliphatic carbocycles. The molecule has 5 nitrogen and oxygen atoms in total. The minimum atomic E-state index is -0.390. The van der Waals surface area contributed by atoms with Crippen molar-refractivity contribution in [3.8, 4) is 0 Å². The second-order valence-electron chi connectivity index (χ2n) is 6.14. The number of nitrogens with zero attached hydrogens (tertiary/aromatic N) is 2. The van der Waals surface area contributed by atoms with Gasteiger partial charge in [-0.1, -0.05) is 18.2 Å². The Morgan fingerprint density at radius 3 is 2.12 bits per heavy atom. The first kappa shape index (κ1) is 19.7. The lowest BCUT2D eigenvalue weighted by molar-refractivity contribution is 0.0536. The zero-order valence-corrected chi connectivity index (χ0v) is 15.3. The summed E-state index contributed by atoms with van der Waals surface area (Å²) in [4.78, 5) is 28.4. The third kappa shape index (κ3) is 3.96. The van der Waals surface area contributed by atoms with E-state index in [9.17, 15) is 14.0 Å². The Labute approximate surface area is 158 Å². The zero-order chi connectivity index (χ0) is 18.0. The van der Waals surface area contributed by atoms with Crippen LogP contribution in [0.25, 0.3) is 0 Å². The van der Waals surface area contributed by atoms with Crippen molar-refractivity contribution in [3.63, 3.8) is 0 Å². The zero-order valence-electron chi connectivity index (χ0n) is 14.4. The average Bonchev–Trinajstić information content (AvgIpc) is 2.63. The van der Waals surface area contributed by atoms with E-state index in [2.05, 4.69) is 0 Å². The molecular formula is C19H21ClFN3O2. The maximum atomic E-state index is 13.7. The van der Waals surface area contributed by atoms with Crippen molar-refractivity contribution in [1.82, 2.24) is 9.80 Å². The molecule has 0 aromatic heterocycles. The van der Waals surface area contributed by atoms with Gasteiger partial charge < -0.3 is 15.5 Å². The summed E-state index contributed by atoms with van der Waals surface area (Å²) in [5.41, 5.74) is 7.61. The first-order valence-electron chi connectivity index (χ1n) is 8.16. The normalized spacial score (nSPS) is 13.9. The number of nitrogens with two attached hydrogens (primary N) is 1. The fourth-order valence-corrected chi connectivity index (χ4v) is 2.88. The molecule has 26 heavy (non-hydrogen) atoms. The number of halogens is 2. The van der Waals surface area contributed by atoms with E-state index in [4.69, 9.17) is 5.73 Å². The molecule has 2 aromatic rings. The van der Waals surface area contributed by atoms with E-state index < -0.39 is 0 Å². The lowest BCUT2D eigenvalue weighted by Gasteiger charge is -2.35. The van der Waals surface area contributed by atoms with Crippen LogP contribution in [0.5, 0.6) is 0 Å². The number of amides is 2. The monoisotopic (exact) mass is 377 g/mol. The Morgan fingerprint density at radius 1 is 0.962 bits per heavy atom. The van der Waals surface area contributed by atoms with E-state index in [1.807, 2.05) is 0 Å². The van der Waals surface area contributed by atoms with Crippen molar-refractivity contribution in [2.75, 3.05) is 31.9 Å². The average molecular weight is 378 g/mol. The number of carbonyl (C=O) groups excluding carboxylic acids is 2. The summed E-state index contributed by atoms with van der Waals surface area (Å²) in [5.74, 6) is -0.740. The van der Waals surface area contributed by atoms with E-state index in [-0.39, 0.29) is 30.0 Å². The maximum absolute atomic E-state index is 13.7. The Hall–Kier alpha value is -2.60. The number of anilines is 1. The molecule has 0 saturated carbocycles. The largest absolute Gasteiger partial charge is 0.398 e. The number of piperazine rings is 1. The minimum Gasteiger partial charge on any atom is -0.398 e. The Bertz CT molecular complexity index is 820. The molecule has 0 radical (unpaired) electrons. The summed E-state index contributed by atoms with van der Waals surface area (Å²) in [6.07, 6.45) is 0. The molecule has 1 heterocycles. The Kier molecular flexibility index (Phi) is 6.21. The van der Waals surface area contributed by atoms with Crippen LogP contribution in [0.1, 0.15) is 26.3 Å². The predicted molar refractivity (Wildman–Crippen MR) is 101 cm³/mol. The highest BCUT2D eigenvalue weighted by Crippen LogP contribution is 2.17. The molecule has 0 spiro atoms. The Morgan fingerprint density at radius 2 is 1.54 bits per heavy atom. The van der Waals surface area contributed by atoms with Crippen LogP contribution in [0.4, 0.5) is 10.1 Å². The standard InChI is InChI=1S/C19H20FN3O2.ClH/c1-13-6-7-14(12-16(13)20)18(24)22-8-10-23(11-9-22)19(25)15-4-2-3-5-17(15)21;/h2-7,12H,8-11,21H2,1H3;1H. The third-order valence-corrected chi connectivity index (χ3v) is 4.46. The van der Waals surface area contributed by atoms with Gasteiger partial charge in [0, 0.05) is 37.4 Å². The van der Waals surface area contributed by atoms with Crippen LogP contribution in [0.15, 0.2) is 42.5 Å². The topological polar surface area (TPSA) is 66.6 Å². The van der Waals surface area contributed by atoms with Gasteiger partial charge in [0.1, 0.15) is 5.82 Å². The Balaban J connectivity index is 0.00000243. The van der Waals surface area contributed by atoms with E-state index in [0.29, 0.717) is 48.6 Å². The fourth-order valence-electron chi connectivity index (χ4n) is 2.88. The molecule has 7 heteroatoms. The molecule has 2 aromatic carbocycles. The van der Waals surface area contributed by atoms with Crippen LogP contribution in [-0.4, -0.2) is 47.8 Å². The third-order valence-electron chi connectivity index (χ3n) is 4.46. The lowest BCUT2D eigenvalue weighted by Crippen LogP contribution is -2.50. The highest BCUT2D eigenvalue weighted by Gasteiger charge is 2.26. The molecule has 0 atom stereocenters. The van der Waals surface area contributed by atoms with Gasteiger partial charge in [-0.3, -0.25) is 9.59 Å². The molecular weight excluding hydrogens is 357 g/mol. The first-order chi connectivity index (χ1) is 12.0. The van der Waals surface area contributed by atoms with Crippen LogP contribution < -0.4 is 5.73 Å². The molecule has 1 aliphatic rings. The highest BCUT2D eigenvalue weighted by molar-refractivity contribution is 5.99. The molecule has 3 rings (SSSR count). The van der Waals surface area contributed by atoms with Crippen LogP contribution in [0.2, 0.25) is 0 Å². The van der Waals surface area contributed by atoms with Gasteiger partial charge in [0.15, 0.2) is 0 Å². The molecule has 1 fully saturated rings. The lowest BCUT2D eigenvalue weighted by atomic mass is 10.1.